The van der Waals surface area contributed by atoms with Gasteiger partial charge in [0, 0.05) is 36.9 Å². The summed E-state index contributed by atoms with van der Waals surface area (Å²) in [6.07, 6.45) is 1.53. The van der Waals surface area contributed by atoms with E-state index in [0.717, 1.165) is 0 Å². The van der Waals surface area contributed by atoms with Gasteiger partial charge < -0.3 is 42.6 Å². The minimum atomic E-state index is -1.34. The number of carbonyl (C=O) groups excluding carboxylic acids is 4. The van der Waals surface area contributed by atoms with Crippen LogP contribution in [-0.2, 0) is 35.2 Å². The van der Waals surface area contributed by atoms with Crippen LogP contribution in [-0.4, -0.2) is 85.7 Å². The normalized spacial score (nSPS) is 14.1. The average molecular weight is 516 g/mol. The van der Waals surface area contributed by atoms with Crippen molar-refractivity contribution in [2.75, 3.05) is 5.75 Å². The van der Waals surface area contributed by atoms with Gasteiger partial charge in [0.2, 0.25) is 23.6 Å². The second kappa shape index (κ2) is 14.6. The third-order valence-electron chi connectivity index (χ3n) is 4.73. The van der Waals surface area contributed by atoms with Crippen molar-refractivity contribution in [3.63, 3.8) is 0 Å². The van der Waals surface area contributed by atoms with Crippen molar-refractivity contribution in [3.05, 3.63) is 18.2 Å². The summed E-state index contributed by atoms with van der Waals surface area (Å²) in [5, 5.41) is 24.9. The Hall–Kier alpha value is -3.66. The molecule has 0 spiro atoms. The van der Waals surface area contributed by atoms with Crippen LogP contribution in [0.15, 0.2) is 12.5 Å². The van der Waals surface area contributed by atoms with Crippen LogP contribution in [0.4, 0.5) is 0 Å². The Morgan fingerprint density at radius 1 is 0.943 bits per heavy atom. The average Bonchev–Trinajstić information content (AvgIpc) is 3.30. The number of hydrogen-bond donors (Lipinski definition) is 9. The first-order chi connectivity index (χ1) is 16.4. The molecule has 1 aromatic heterocycles. The van der Waals surface area contributed by atoms with Gasteiger partial charge in [0.05, 0.1) is 12.4 Å². The number of imidazole rings is 1. The van der Waals surface area contributed by atoms with E-state index in [1.54, 1.807) is 0 Å². The number of H-pyrrole nitrogens is 1. The Morgan fingerprint density at radius 2 is 1.54 bits per heavy atom. The molecule has 194 valence electrons. The van der Waals surface area contributed by atoms with Gasteiger partial charge in [0.1, 0.15) is 18.1 Å². The molecule has 10 N–H and O–H groups in total. The van der Waals surface area contributed by atoms with Gasteiger partial charge in [-0.25, -0.2) is 9.78 Å². The highest BCUT2D eigenvalue weighted by molar-refractivity contribution is 7.80. The van der Waals surface area contributed by atoms with Crippen LogP contribution in [0.2, 0.25) is 0 Å². The van der Waals surface area contributed by atoms with E-state index in [-0.39, 0.29) is 37.9 Å². The Kier molecular flexibility index (Phi) is 12.2. The molecule has 0 bridgehead atoms. The summed E-state index contributed by atoms with van der Waals surface area (Å²) < 4.78 is 0. The summed E-state index contributed by atoms with van der Waals surface area (Å²) in [5.41, 5.74) is 11.3. The van der Waals surface area contributed by atoms with Crippen molar-refractivity contribution in [1.29, 1.82) is 0 Å². The number of primary amides is 1. The largest absolute Gasteiger partial charge is 0.481 e. The maximum Gasteiger partial charge on any atom is 0.327 e. The van der Waals surface area contributed by atoms with E-state index in [0.29, 0.717) is 5.69 Å². The van der Waals surface area contributed by atoms with E-state index in [9.17, 15) is 33.9 Å². The zero-order valence-electron chi connectivity index (χ0n) is 18.6. The number of aromatic amines is 1. The number of carboxylic acid groups (broad SMARTS) is 2. The monoisotopic (exact) mass is 515 g/mol. The number of hydrogen-bond acceptors (Lipinski definition) is 9. The number of aromatic nitrogens is 2. The quantitative estimate of drug-likeness (QED) is 0.1000. The van der Waals surface area contributed by atoms with Crippen LogP contribution in [0.25, 0.3) is 0 Å². The highest BCUT2D eigenvalue weighted by Gasteiger charge is 2.30. The summed E-state index contributed by atoms with van der Waals surface area (Å²) in [7, 11) is 0. The molecule has 0 radical (unpaired) electrons. The molecule has 0 aliphatic carbocycles. The van der Waals surface area contributed by atoms with E-state index >= 15 is 0 Å². The third kappa shape index (κ3) is 10.9. The number of aliphatic carboxylic acids is 2. The Balaban J connectivity index is 3.02. The van der Waals surface area contributed by atoms with Crippen LogP contribution < -0.4 is 27.4 Å². The maximum absolute atomic E-state index is 13.0. The number of nitrogens with zero attached hydrogens (tertiary/aromatic N) is 1. The number of rotatable bonds is 16. The van der Waals surface area contributed by atoms with Crippen molar-refractivity contribution in [2.24, 2.45) is 11.5 Å². The van der Waals surface area contributed by atoms with Crippen molar-refractivity contribution < 1.29 is 39.0 Å². The molecule has 0 saturated heterocycles. The lowest BCUT2D eigenvalue weighted by molar-refractivity contribution is -0.141. The molecular weight excluding hydrogens is 486 g/mol. The van der Waals surface area contributed by atoms with Crippen LogP contribution in [0.3, 0.4) is 0 Å². The van der Waals surface area contributed by atoms with Crippen LogP contribution >= 0.6 is 12.6 Å². The van der Waals surface area contributed by atoms with Gasteiger partial charge in [-0.05, 0) is 12.8 Å². The summed E-state index contributed by atoms with van der Waals surface area (Å²) in [6.45, 7) is 0. The van der Waals surface area contributed by atoms with Gasteiger partial charge in [0.15, 0.2) is 0 Å². The molecular formula is C19H29N7O8S. The van der Waals surface area contributed by atoms with Crippen LogP contribution in [0.1, 0.15) is 31.4 Å². The summed E-state index contributed by atoms with van der Waals surface area (Å²) in [5.74, 6) is -6.01. The standard InChI is InChI=1S/C19H29N7O8S/c20-10(1-4-15(28)29)16(30)24-11(2-3-14(21)27)17(31)25-12(5-9-6-22-8-23-9)18(32)26-13(7-35)19(33)34/h6,8,10-13,35H,1-5,7,20H2,(H2,21,27)(H,22,23)(H,24,30)(H,25,31)(H,26,32)(H,28,29)(H,33,34). The lowest BCUT2D eigenvalue weighted by Crippen LogP contribution is -2.58. The second-order valence-corrected chi connectivity index (χ2v) is 7.89. The van der Waals surface area contributed by atoms with Crippen molar-refractivity contribution in [2.45, 2.75) is 56.3 Å². The molecule has 1 heterocycles. The van der Waals surface area contributed by atoms with E-state index in [4.69, 9.17) is 16.6 Å². The molecule has 4 unspecified atom stereocenters. The number of nitrogens with two attached hydrogens (primary N) is 2. The molecule has 1 aromatic rings. The van der Waals surface area contributed by atoms with Gasteiger partial charge in [-0.15, -0.1) is 0 Å². The van der Waals surface area contributed by atoms with Crippen molar-refractivity contribution in [3.8, 4) is 0 Å². The minimum absolute atomic E-state index is 0.106. The number of thiol groups is 1. The van der Waals surface area contributed by atoms with Gasteiger partial charge in [-0.3, -0.25) is 24.0 Å². The van der Waals surface area contributed by atoms with E-state index in [1.807, 2.05) is 0 Å². The molecule has 4 atom stereocenters. The fraction of sp³-hybridized carbons (Fsp3) is 0.526. The smallest absolute Gasteiger partial charge is 0.327 e. The zero-order chi connectivity index (χ0) is 26.5. The second-order valence-electron chi connectivity index (χ2n) is 7.53. The number of nitrogens with one attached hydrogen (secondary N) is 4. The Labute approximate surface area is 205 Å². The fourth-order valence-corrected chi connectivity index (χ4v) is 3.05. The van der Waals surface area contributed by atoms with Crippen molar-refractivity contribution >= 4 is 48.2 Å². The maximum atomic E-state index is 13.0. The van der Waals surface area contributed by atoms with Gasteiger partial charge >= 0.3 is 11.9 Å². The summed E-state index contributed by atoms with van der Waals surface area (Å²) in [6, 6.07) is -5.21. The molecule has 4 amide bonds. The van der Waals surface area contributed by atoms with Crippen LogP contribution in [0, 0.1) is 0 Å². The lowest BCUT2D eigenvalue weighted by atomic mass is 10.1. The van der Waals surface area contributed by atoms with E-state index in [1.165, 1.54) is 12.5 Å². The Morgan fingerprint density at radius 3 is 2.06 bits per heavy atom. The topological polar surface area (TPSA) is 260 Å². The molecule has 15 nitrogen and oxygen atoms in total. The molecule has 1 rings (SSSR count). The van der Waals surface area contributed by atoms with E-state index < -0.39 is 59.7 Å². The molecule has 0 fully saturated rings. The van der Waals surface area contributed by atoms with Gasteiger partial charge in [-0.2, -0.15) is 12.6 Å². The molecule has 0 saturated carbocycles. The SMILES string of the molecule is NC(=O)CCC(NC(=O)C(N)CCC(=O)O)C(=O)NC(Cc1cnc[nH]1)C(=O)NC(CS)C(=O)O. The summed E-state index contributed by atoms with van der Waals surface area (Å²) in [4.78, 5) is 77.8. The first-order valence-electron chi connectivity index (χ1n) is 10.4. The van der Waals surface area contributed by atoms with E-state index in [2.05, 4.69) is 38.5 Å². The molecule has 0 aliphatic heterocycles. The van der Waals surface area contributed by atoms with Gasteiger partial charge in [-0.1, -0.05) is 0 Å². The highest BCUT2D eigenvalue weighted by Crippen LogP contribution is 2.05. The molecule has 16 heteroatoms. The van der Waals surface area contributed by atoms with Crippen LogP contribution in [0.5, 0.6) is 0 Å². The minimum Gasteiger partial charge on any atom is -0.481 e. The van der Waals surface area contributed by atoms with Crippen molar-refractivity contribution in [1.82, 2.24) is 25.9 Å². The van der Waals surface area contributed by atoms with Gasteiger partial charge in [0.25, 0.3) is 0 Å². The predicted molar refractivity (Wildman–Crippen MR) is 123 cm³/mol. The first-order valence-corrected chi connectivity index (χ1v) is 11.1. The fourth-order valence-electron chi connectivity index (χ4n) is 2.80. The number of amides is 4. The summed E-state index contributed by atoms with van der Waals surface area (Å²) >= 11 is 3.88. The Bertz CT molecular complexity index is 911. The predicted octanol–water partition coefficient (Wildman–Crippen LogP) is -3.12. The number of carbonyl (C=O) groups is 6. The first kappa shape index (κ1) is 29.4. The number of carboxylic acids is 2. The molecule has 0 aliphatic rings. The zero-order valence-corrected chi connectivity index (χ0v) is 19.5. The highest BCUT2D eigenvalue weighted by atomic mass is 32.1. The third-order valence-corrected chi connectivity index (χ3v) is 5.09. The lowest BCUT2D eigenvalue weighted by Gasteiger charge is -2.24. The molecule has 35 heavy (non-hydrogen) atoms. The molecule has 0 aromatic carbocycles.